The van der Waals surface area contributed by atoms with Gasteiger partial charge in [0.2, 0.25) is 10.0 Å². The molecule has 10 heteroatoms. The molecule has 1 heterocycles. The van der Waals surface area contributed by atoms with Gasteiger partial charge in [0.25, 0.3) is 0 Å². The maximum absolute atomic E-state index is 13.0. The van der Waals surface area contributed by atoms with Crippen molar-refractivity contribution in [2.45, 2.75) is 61.6 Å². The molecule has 5 rings (SSSR count). The van der Waals surface area contributed by atoms with Crippen molar-refractivity contribution < 1.29 is 26.4 Å². The molecule has 4 unspecified atom stereocenters. The van der Waals surface area contributed by atoms with Crippen molar-refractivity contribution in [3.05, 3.63) is 29.8 Å². The van der Waals surface area contributed by atoms with Crippen LogP contribution >= 0.6 is 0 Å². The van der Waals surface area contributed by atoms with Crippen LogP contribution in [0.5, 0.6) is 0 Å². The Balaban J connectivity index is 1.15. The number of nitrogens with one attached hydrogen (secondary N) is 2. The van der Waals surface area contributed by atoms with E-state index in [2.05, 4.69) is 10.6 Å². The SMILES string of the molecule is O=C(NCC1CCN(S(=O)(=O)c2cccc(C(F)(F)F)c2)C1)NC12CC3CCC[C@H](CC31)C2. The molecule has 1 aromatic carbocycles. The van der Waals surface area contributed by atoms with Crippen LogP contribution < -0.4 is 10.6 Å². The van der Waals surface area contributed by atoms with Crippen molar-refractivity contribution >= 4 is 16.1 Å². The van der Waals surface area contributed by atoms with Gasteiger partial charge in [-0.25, -0.2) is 13.2 Å². The molecule has 1 saturated heterocycles. The normalized spacial score (nSPS) is 33.9. The monoisotopic (exact) mass is 485 g/mol. The van der Waals surface area contributed by atoms with Crippen molar-refractivity contribution in [1.82, 2.24) is 14.9 Å². The number of alkyl halides is 3. The van der Waals surface area contributed by atoms with Crippen molar-refractivity contribution in [1.29, 1.82) is 0 Å². The number of urea groups is 1. The van der Waals surface area contributed by atoms with E-state index in [4.69, 9.17) is 0 Å². The number of carbonyl (C=O) groups excluding carboxylic acids is 1. The number of nitrogens with zero attached hydrogens (tertiary/aromatic N) is 1. The predicted molar refractivity (Wildman–Crippen MR) is 116 cm³/mol. The maximum atomic E-state index is 13.0. The number of hydrogen-bond donors (Lipinski definition) is 2. The Hall–Kier alpha value is -1.81. The van der Waals surface area contributed by atoms with Crippen LogP contribution in [0.15, 0.2) is 29.2 Å². The Morgan fingerprint density at radius 3 is 2.79 bits per heavy atom. The molecule has 3 aliphatic carbocycles. The zero-order valence-corrected chi connectivity index (χ0v) is 19.2. The predicted octanol–water partition coefficient (Wildman–Crippen LogP) is 3.98. The quantitative estimate of drug-likeness (QED) is 0.662. The fraction of sp³-hybridized carbons (Fsp3) is 0.696. The minimum Gasteiger partial charge on any atom is -0.338 e. The lowest BCUT2D eigenvalue weighted by molar-refractivity contribution is -0.137. The largest absolute Gasteiger partial charge is 0.416 e. The molecule has 1 aliphatic heterocycles. The first-order chi connectivity index (χ1) is 15.6. The van der Waals surface area contributed by atoms with Crippen LogP contribution in [0, 0.1) is 23.7 Å². The molecule has 4 aliphatic rings. The summed E-state index contributed by atoms with van der Waals surface area (Å²) in [7, 11) is -4.02. The molecular formula is C23H30F3N3O3S. The first-order valence-electron chi connectivity index (χ1n) is 11.8. The van der Waals surface area contributed by atoms with Crippen LogP contribution in [0.3, 0.4) is 0 Å². The van der Waals surface area contributed by atoms with Crippen LogP contribution in [-0.4, -0.2) is 43.9 Å². The smallest absolute Gasteiger partial charge is 0.338 e. The Morgan fingerprint density at radius 1 is 1.18 bits per heavy atom. The molecule has 2 amide bonds. The summed E-state index contributed by atoms with van der Waals surface area (Å²) in [6.45, 7) is 0.743. The summed E-state index contributed by atoms with van der Waals surface area (Å²) in [5, 5.41) is 6.16. The molecule has 6 nitrogen and oxygen atoms in total. The van der Waals surface area contributed by atoms with E-state index >= 15 is 0 Å². The number of hydrogen-bond acceptors (Lipinski definition) is 3. The third-order valence-electron chi connectivity index (χ3n) is 8.29. The molecule has 1 aromatic rings. The minimum absolute atomic E-state index is 0.0611. The van der Waals surface area contributed by atoms with E-state index in [1.54, 1.807) is 0 Å². The minimum atomic E-state index is -4.60. The number of fused-ring (bicyclic) bond motifs is 1. The van der Waals surface area contributed by atoms with Gasteiger partial charge in [0.15, 0.2) is 0 Å². The topological polar surface area (TPSA) is 78.5 Å². The zero-order valence-electron chi connectivity index (χ0n) is 18.4. The number of benzene rings is 1. The van der Waals surface area contributed by atoms with E-state index in [9.17, 15) is 26.4 Å². The second-order valence-electron chi connectivity index (χ2n) is 10.3. The van der Waals surface area contributed by atoms with Gasteiger partial charge >= 0.3 is 12.2 Å². The average molecular weight is 486 g/mol. The van der Waals surface area contributed by atoms with E-state index in [-0.39, 0.29) is 35.5 Å². The molecule has 33 heavy (non-hydrogen) atoms. The van der Waals surface area contributed by atoms with Crippen LogP contribution in [0.4, 0.5) is 18.0 Å². The molecule has 2 bridgehead atoms. The Morgan fingerprint density at radius 2 is 2.00 bits per heavy atom. The van der Waals surface area contributed by atoms with Gasteiger partial charge in [-0.05, 0) is 74.0 Å². The third kappa shape index (κ3) is 4.24. The van der Waals surface area contributed by atoms with Crippen molar-refractivity contribution in [2.75, 3.05) is 19.6 Å². The molecule has 4 fully saturated rings. The van der Waals surface area contributed by atoms with Gasteiger partial charge in [-0.3, -0.25) is 0 Å². The highest BCUT2D eigenvalue weighted by Crippen LogP contribution is 2.60. The number of carbonyl (C=O) groups is 1. The van der Waals surface area contributed by atoms with Gasteiger partial charge in [0.1, 0.15) is 0 Å². The number of rotatable bonds is 5. The second-order valence-corrected chi connectivity index (χ2v) is 12.3. The van der Waals surface area contributed by atoms with Crippen molar-refractivity contribution in [2.24, 2.45) is 23.7 Å². The van der Waals surface area contributed by atoms with E-state index in [0.29, 0.717) is 30.9 Å². The lowest BCUT2D eigenvalue weighted by Crippen LogP contribution is -2.63. The van der Waals surface area contributed by atoms with Crippen LogP contribution in [0.25, 0.3) is 0 Å². The highest BCUT2D eigenvalue weighted by atomic mass is 32.2. The third-order valence-corrected chi connectivity index (χ3v) is 10.2. The van der Waals surface area contributed by atoms with Gasteiger partial charge in [-0.15, -0.1) is 0 Å². The maximum Gasteiger partial charge on any atom is 0.416 e. The lowest BCUT2D eigenvalue weighted by Gasteiger charge is -2.52. The summed E-state index contributed by atoms with van der Waals surface area (Å²) < 4.78 is 65.9. The Labute approximate surface area is 192 Å². The van der Waals surface area contributed by atoms with Gasteiger partial charge in [-0.2, -0.15) is 17.5 Å². The molecular weight excluding hydrogens is 455 g/mol. The fourth-order valence-corrected chi connectivity index (χ4v) is 8.30. The molecule has 182 valence electrons. The summed E-state index contributed by atoms with van der Waals surface area (Å²) in [5.74, 6) is 1.97. The number of amides is 2. The lowest BCUT2D eigenvalue weighted by atomic mass is 9.59. The van der Waals surface area contributed by atoms with Crippen LogP contribution in [-0.2, 0) is 16.2 Å². The zero-order chi connectivity index (χ0) is 23.4. The summed E-state index contributed by atoms with van der Waals surface area (Å²) >= 11 is 0. The standard InChI is InChI=1S/C23H30F3N3O3S/c24-23(25,26)18-5-2-6-19(10-18)33(31,32)29-8-7-16(14-29)13-27-21(30)28-22-11-15-3-1-4-17(12-22)20(22)9-15/h2,5-6,10,15-17,20H,1,3-4,7-9,11-14H2,(H2,27,28,30)/t15-,16?,17?,20?,22?/m1/s1. The van der Waals surface area contributed by atoms with Gasteiger partial charge < -0.3 is 10.6 Å². The van der Waals surface area contributed by atoms with Gasteiger partial charge in [0, 0.05) is 25.2 Å². The van der Waals surface area contributed by atoms with Gasteiger partial charge in [0.05, 0.1) is 10.5 Å². The Kier molecular flexibility index (Phi) is 5.67. The second kappa shape index (κ2) is 8.15. The molecule has 0 aromatic heterocycles. The first kappa shape index (κ1) is 23.0. The summed E-state index contributed by atoms with van der Waals surface area (Å²) in [5.41, 5.74) is -1.05. The van der Waals surface area contributed by atoms with E-state index in [1.807, 2.05) is 0 Å². The molecule has 2 N–H and O–H groups in total. The Bertz CT molecular complexity index is 1030. The van der Waals surface area contributed by atoms with Crippen LogP contribution in [0.1, 0.15) is 50.5 Å². The van der Waals surface area contributed by atoms with E-state index in [1.165, 1.54) is 36.1 Å². The van der Waals surface area contributed by atoms with Crippen molar-refractivity contribution in [3.8, 4) is 0 Å². The highest BCUT2D eigenvalue weighted by molar-refractivity contribution is 7.89. The molecule has 0 radical (unpaired) electrons. The number of sulfonamides is 1. The summed E-state index contributed by atoms with van der Waals surface area (Å²) in [6.07, 6.45) is 3.12. The fourth-order valence-electron chi connectivity index (χ4n) is 6.72. The molecule has 0 spiro atoms. The first-order valence-corrected chi connectivity index (χ1v) is 13.2. The average Bonchev–Trinajstić information content (AvgIpc) is 3.27. The molecule has 5 atom stereocenters. The van der Waals surface area contributed by atoms with E-state index in [0.717, 1.165) is 30.9 Å². The molecule has 3 saturated carbocycles. The summed E-state index contributed by atoms with van der Waals surface area (Å²) in [6, 6.07) is 3.64. The van der Waals surface area contributed by atoms with E-state index < -0.39 is 21.8 Å². The number of halogens is 3. The highest BCUT2D eigenvalue weighted by Gasteiger charge is 2.60. The summed E-state index contributed by atoms with van der Waals surface area (Å²) in [4.78, 5) is 12.3. The van der Waals surface area contributed by atoms with Crippen molar-refractivity contribution in [3.63, 3.8) is 0 Å². The van der Waals surface area contributed by atoms with Gasteiger partial charge in [-0.1, -0.05) is 18.9 Å². The van der Waals surface area contributed by atoms with Crippen LogP contribution in [0.2, 0.25) is 0 Å².